The summed E-state index contributed by atoms with van der Waals surface area (Å²) in [4.78, 5) is 29.7. The van der Waals surface area contributed by atoms with Gasteiger partial charge in [0.2, 0.25) is 0 Å². The van der Waals surface area contributed by atoms with Gasteiger partial charge in [0.15, 0.2) is 18.7 Å². The average Bonchev–Trinajstić information content (AvgIpc) is 3.05. The molecule has 0 aromatic rings. The first-order chi connectivity index (χ1) is 23.4. The number of rotatable bonds is 7. The van der Waals surface area contributed by atoms with E-state index in [4.69, 9.17) is 28.4 Å². The Morgan fingerprint density at radius 3 is 2.06 bits per heavy atom. The van der Waals surface area contributed by atoms with Crippen molar-refractivity contribution >= 4 is 11.8 Å². The van der Waals surface area contributed by atoms with Gasteiger partial charge in [0.25, 0.3) is 0 Å². The lowest BCUT2D eigenvalue weighted by molar-refractivity contribution is -0.318. The molecule has 51 heavy (non-hydrogen) atoms. The second kappa shape index (κ2) is 16.8. The first-order valence-electron chi connectivity index (χ1n) is 18.1. The standard InChI is InChI=1S/C37H65NO13/c1-14-25-37(10,45)30(41)20(4)27(39)18(2)16-35(8,44)32(51-34-28(40)24(38(11)12)15-19(3)47-34)21(5)29(22(6)33(43)49-25)50-26-17-36(9,46-13)31(42)23(7)48-26/h14,18-26,28-32,34,40-42,44-45H,1,15-17H2,2-13H3/t18-,19-,20+,21+,22-,23+,24+,25-,26+,28-,29+,30-,31+,32-,34+,35-,36-,37-/m1/s1. The summed E-state index contributed by atoms with van der Waals surface area (Å²) in [5.41, 5.74) is -4.99. The number of carbonyl (C=O) groups is 2. The second-order valence-corrected chi connectivity index (χ2v) is 16.2. The van der Waals surface area contributed by atoms with Gasteiger partial charge < -0.3 is 58.9 Å². The number of ketones is 1. The lowest BCUT2D eigenvalue weighted by Crippen LogP contribution is -2.61. The molecule has 0 bridgehead atoms. The van der Waals surface area contributed by atoms with Crippen LogP contribution < -0.4 is 0 Å². The Kier molecular flexibility index (Phi) is 14.5. The molecule has 0 aliphatic carbocycles. The third-order valence-corrected chi connectivity index (χ3v) is 11.6. The van der Waals surface area contributed by atoms with Crippen LogP contribution in [0, 0.1) is 23.7 Å². The highest BCUT2D eigenvalue weighted by Gasteiger charge is 2.53. The van der Waals surface area contributed by atoms with E-state index in [2.05, 4.69) is 6.58 Å². The number of aliphatic hydroxyl groups is 5. The Morgan fingerprint density at radius 1 is 0.902 bits per heavy atom. The number of esters is 1. The van der Waals surface area contributed by atoms with Gasteiger partial charge in [-0.3, -0.25) is 9.59 Å². The van der Waals surface area contributed by atoms with Crippen molar-refractivity contribution in [3.63, 3.8) is 0 Å². The number of nitrogens with zero attached hydrogens (tertiary/aromatic N) is 1. The fourth-order valence-electron chi connectivity index (χ4n) is 8.16. The van der Waals surface area contributed by atoms with Crippen LogP contribution in [0.15, 0.2) is 12.7 Å². The summed E-state index contributed by atoms with van der Waals surface area (Å²) in [6.45, 7) is 18.1. The molecule has 0 spiro atoms. The zero-order chi connectivity index (χ0) is 39.0. The van der Waals surface area contributed by atoms with E-state index in [0.29, 0.717) is 6.42 Å². The summed E-state index contributed by atoms with van der Waals surface area (Å²) in [5.74, 6) is -5.23. The van der Waals surface area contributed by atoms with Gasteiger partial charge in [-0.2, -0.15) is 0 Å². The molecule has 3 rings (SSSR count). The molecular formula is C37H65NO13. The van der Waals surface area contributed by atoms with Crippen LogP contribution in [0.25, 0.3) is 0 Å². The van der Waals surface area contributed by atoms with E-state index in [1.807, 2.05) is 25.9 Å². The average molecular weight is 732 g/mol. The maximum absolute atomic E-state index is 14.0. The van der Waals surface area contributed by atoms with Crippen LogP contribution in [0.1, 0.15) is 81.6 Å². The van der Waals surface area contributed by atoms with Gasteiger partial charge in [-0.1, -0.05) is 27.4 Å². The predicted octanol–water partition coefficient (Wildman–Crippen LogP) is 1.56. The minimum Gasteiger partial charge on any atom is -0.455 e. The molecule has 3 saturated heterocycles. The van der Waals surface area contributed by atoms with Crippen molar-refractivity contribution in [2.45, 2.75) is 166 Å². The van der Waals surface area contributed by atoms with Crippen molar-refractivity contribution in [2.75, 3.05) is 21.2 Å². The molecule has 3 aliphatic rings. The largest absolute Gasteiger partial charge is 0.455 e. The summed E-state index contributed by atoms with van der Waals surface area (Å²) < 4.78 is 36.9. The molecule has 3 fully saturated rings. The van der Waals surface area contributed by atoms with Crippen molar-refractivity contribution < 1.29 is 63.5 Å². The Morgan fingerprint density at radius 2 is 1.51 bits per heavy atom. The Balaban J connectivity index is 2.19. The van der Waals surface area contributed by atoms with Crippen molar-refractivity contribution in [1.29, 1.82) is 0 Å². The Labute approximate surface area is 303 Å². The van der Waals surface area contributed by atoms with Gasteiger partial charge in [-0.05, 0) is 74.6 Å². The molecule has 3 heterocycles. The van der Waals surface area contributed by atoms with Crippen LogP contribution in [0.3, 0.4) is 0 Å². The molecule has 3 aliphatic heterocycles. The van der Waals surface area contributed by atoms with Gasteiger partial charge in [-0.25, -0.2) is 0 Å². The topological polar surface area (TPSA) is 194 Å². The second-order valence-electron chi connectivity index (χ2n) is 16.2. The normalized spacial score (nSPS) is 49.6. The van der Waals surface area contributed by atoms with E-state index in [0.717, 1.165) is 0 Å². The highest BCUT2D eigenvalue weighted by Crippen LogP contribution is 2.40. The number of Topliss-reactive ketones (excluding diaryl/α,β-unsaturated/α-hetero) is 1. The van der Waals surface area contributed by atoms with Gasteiger partial charge in [-0.15, -0.1) is 0 Å². The van der Waals surface area contributed by atoms with Gasteiger partial charge in [0.1, 0.15) is 23.6 Å². The van der Waals surface area contributed by atoms with Crippen LogP contribution >= 0.6 is 0 Å². The molecular weight excluding hydrogens is 666 g/mol. The van der Waals surface area contributed by atoms with E-state index < -0.39 is 108 Å². The number of likely N-dealkylation sites (N-methyl/N-ethyl adjacent to an activating group) is 1. The number of ether oxygens (including phenoxy) is 6. The number of methoxy groups -OCH3 is 1. The molecule has 0 aromatic carbocycles. The van der Waals surface area contributed by atoms with E-state index in [1.54, 1.807) is 34.6 Å². The lowest BCUT2D eigenvalue weighted by Gasteiger charge is -2.49. The summed E-state index contributed by atoms with van der Waals surface area (Å²) in [6.07, 6.45) is -9.13. The van der Waals surface area contributed by atoms with E-state index in [1.165, 1.54) is 34.0 Å². The number of hydrogen-bond donors (Lipinski definition) is 5. The molecule has 14 nitrogen and oxygen atoms in total. The third-order valence-electron chi connectivity index (χ3n) is 11.6. The summed E-state index contributed by atoms with van der Waals surface area (Å²) >= 11 is 0. The fraction of sp³-hybridized carbons (Fsp3) is 0.892. The van der Waals surface area contributed by atoms with Gasteiger partial charge >= 0.3 is 5.97 Å². The van der Waals surface area contributed by atoms with E-state index in [-0.39, 0.29) is 25.0 Å². The monoisotopic (exact) mass is 731 g/mol. The Bertz CT molecular complexity index is 1200. The fourth-order valence-corrected chi connectivity index (χ4v) is 8.16. The first-order valence-corrected chi connectivity index (χ1v) is 18.1. The van der Waals surface area contributed by atoms with E-state index >= 15 is 0 Å². The maximum Gasteiger partial charge on any atom is 0.312 e. The quantitative estimate of drug-likeness (QED) is 0.187. The lowest BCUT2D eigenvalue weighted by atomic mass is 9.74. The van der Waals surface area contributed by atoms with Crippen molar-refractivity contribution in [2.24, 2.45) is 23.7 Å². The van der Waals surface area contributed by atoms with Crippen LogP contribution in [-0.4, -0.2) is 148 Å². The zero-order valence-corrected chi connectivity index (χ0v) is 32.5. The number of carbonyl (C=O) groups excluding carboxylic acids is 2. The van der Waals surface area contributed by atoms with Gasteiger partial charge in [0.05, 0.1) is 47.6 Å². The minimum absolute atomic E-state index is 0.0774. The molecule has 0 amide bonds. The molecule has 0 unspecified atom stereocenters. The first kappa shape index (κ1) is 43.8. The van der Waals surface area contributed by atoms with Crippen molar-refractivity contribution in [3.8, 4) is 0 Å². The molecule has 14 heteroatoms. The molecule has 18 atom stereocenters. The van der Waals surface area contributed by atoms with Crippen molar-refractivity contribution in [3.05, 3.63) is 12.7 Å². The number of cyclic esters (lactones) is 1. The predicted molar refractivity (Wildman–Crippen MR) is 186 cm³/mol. The highest BCUT2D eigenvalue weighted by molar-refractivity contribution is 5.83. The molecule has 0 saturated carbocycles. The summed E-state index contributed by atoms with van der Waals surface area (Å²) in [5, 5.41) is 57.5. The van der Waals surface area contributed by atoms with Crippen LogP contribution in [-0.2, 0) is 38.0 Å². The zero-order valence-electron chi connectivity index (χ0n) is 32.5. The molecule has 0 aromatic heterocycles. The third kappa shape index (κ3) is 9.40. The smallest absolute Gasteiger partial charge is 0.312 e. The molecule has 296 valence electrons. The van der Waals surface area contributed by atoms with Gasteiger partial charge in [0, 0.05) is 37.3 Å². The van der Waals surface area contributed by atoms with Crippen molar-refractivity contribution in [1.82, 2.24) is 4.90 Å². The molecule has 0 radical (unpaired) electrons. The summed E-state index contributed by atoms with van der Waals surface area (Å²) in [6, 6.07) is -0.333. The maximum atomic E-state index is 14.0. The van der Waals surface area contributed by atoms with Crippen LogP contribution in [0.2, 0.25) is 0 Å². The summed E-state index contributed by atoms with van der Waals surface area (Å²) in [7, 11) is 5.15. The van der Waals surface area contributed by atoms with E-state index in [9.17, 15) is 35.1 Å². The van der Waals surface area contributed by atoms with Crippen LogP contribution in [0.5, 0.6) is 0 Å². The molecule has 5 N–H and O–H groups in total. The highest BCUT2D eigenvalue weighted by atomic mass is 16.7. The number of aliphatic hydroxyl groups excluding tert-OH is 3. The number of hydrogen-bond acceptors (Lipinski definition) is 14. The SMILES string of the molecule is C=C[C@H]1OC(=O)[C@H](C)[C@@H](O[C@H]2C[C@@](C)(OC)[C@@H](O)[C@H](C)O2)[C@H](C)[C@@H](O[C@@H]2O[C@H](C)C[C@H](N(C)C)[C@H]2O)[C@](C)(O)C[C@@H](C)C(=O)[C@H](C)[C@@H](O)[C@]1(C)O. The van der Waals surface area contributed by atoms with Crippen LogP contribution in [0.4, 0.5) is 0 Å². The minimum atomic E-state index is -2.11. The Hall–Kier alpha value is -1.56.